The number of methoxy groups -OCH3 is 1. The van der Waals surface area contributed by atoms with Crippen molar-refractivity contribution in [2.75, 3.05) is 20.3 Å². The maximum atomic E-state index is 13.5. The minimum atomic E-state index is -0.917. The average molecular weight is 218 g/mol. The van der Waals surface area contributed by atoms with Gasteiger partial charge in [0, 0.05) is 26.4 Å². The number of hydrogen-bond donors (Lipinski definition) is 0. The van der Waals surface area contributed by atoms with E-state index in [2.05, 4.69) is 0 Å². The number of carbonyl (C=O) groups is 1. The Hall–Kier alpha value is -0.680. The van der Waals surface area contributed by atoms with Gasteiger partial charge in [0.2, 0.25) is 0 Å². The SMILES string of the molecule is CO[C@H]1[C@@H]2CO[C@@]1(COC(C)=O)C[C@H]2F. The molecule has 0 spiro atoms. The Balaban J connectivity index is 2.08. The standard InChI is InChI=1S/C10H15FO4/c1-6(12)14-5-10-3-8(11)7(4-15-10)9(10)13-2/h7-9H,3-5H2,1-2H3/t7-,8-,9+,10-/m1/s1. The number of alkyl halides is 1. The highest BCUT2D eigenvalue weighted by Crippen LogP contribution is 2.47. The number of rotatable bonds is 3. The fourth-order valence-corrected chi connectivity index (χ4v) is 2.57. The van der Waals surface area contributed by atoms with E-state index >= 15 is 0 Å². The fraction of sp³-hybridized carbons (Fsp3) is 0.900. The zero-order valence-corrected chi connectivity index (χ0v) is 8.86. The molecule has 2 aliphatic rings. The van der Waals surface area contributed by atoms with Crippen LogP contribution in [0.2, 0.25) is 0 Å². The summed E-state index contributed by atoms with van der Waals surface area (Å²) >= 11 is 0. The van der Waals surface area contributed by atoms with Gasteiger partial charge in [0.25, 0.3) is 0 Å². The third kappa shape index (κ3) is 1.63. The summed E-state index contributed by atoms with van der Waals surface area (Å²) in [5.41, 5.74) is -0.759. The number of ether oxygens (including phenoxy) is 3. The van der Waals surface area contributed by atoms with Crippen LogP contribution < -0.4 is 0 Å². The molecule has 0 unspecified atom stereocenters. The van der Waals surface area contributed by atoms with Gasteiger partial charge in [-0.3, -0.25) is 4.79 Å². The molecular formula is C10H15FO4. The average Bonchev–Trinajstić information content (AvgIpc) is 2.66. The zero-order chi connectivity index (χ0) is 11.1. The van der Waals surface area contributed by atoms with Crippen molar-refractivity contribution in [2.45, 2.75) is 31.2 Å². The molecule has 0 aromatic heterocycles. The van der Waals surface area contributed by atoms with Gasteiger partial charge in [-0.2, -0.15) is 0 Å². The van der Waals surface area contributed by atoms with Crippen molar-refractivity contribution in [3.05, 3.63) is 0 Å². The molecule has 0 radical (unpaired) electrons. The van der Waals surface area contributed by atoms with Gasteiger partial charge in [-0.1, -0.05) is 0 Å². The summed E-state index contributed by atoms with van der Waals surface area (Å²) in [6, 6.07) is 0. The van der Waals surface area contributed by atoms with E-state index in [0.29, 0.717) is 6.61 Å². The van der Waals surface area contributed by atoms with Gasteiger partial charge in [0.05, 0.1) is 12.7 Å². The maximum absolute atomic E-state index is 13.5. The molecule has 15 heavy (non-hydrogen) atoms. The molecular weight excluding hydrogens is 203 g/mol. The van der Waals surface area contributed by atoms with E-state index in [4.69, 9.17) is 14.2 Å². The van der Waals surface area contributed by atoms with E-state index in [1.807, 2.05) is 0 Å². The maximum Gasteiger partial charge on any atom is 0.302 e. The lowest BCUT2D eigenvalue weighted by molar-refractivity contribution is -0.158. The second-order valence-electron chi connectivity index (χ2n) is 4.20. The van der Waals surface area contributed by atoms with Gasteiger partial charge in [-0.25, -0.2) is 4.39 Å². The van der Waals surface area contributed by atoms with Gasteiger partial charge in [0.15, 0.2) is 0 Å². The molecule has 1 heterocycles. The van der Waals surface area contributed by atoms with Gasteiger partial charge >= 0.3 is 5.97 Å². The van der Waals surface area contributed by atoms with Gasteiger partial charge < -0.3 is 14.2 Å². The van der Waals surface area contributed by atoms with Gasteiger partial charge in [-0.05, 0) is 0 Å². The Morgan fingerprint density at radius 2 is 2.40 bits per heavy atom. The number of hydrogen-bond acceptors (Lipinski definition) is 4. The van der Waals surface area contributed by atoms with Crippen molar-refractivity contribution < 1.29 is 23.4 Å². The first-order valence-electron chi connectivity index (χ1n) is 5.03. The number of fused-ring (bicyclic) bond motifs is 2. The smallest absolute Gasteiger partial charge is 0.302 e. The molecule has 1 aliphatic carbocycles. The first-order chi connectivity index (χ1) is 7.09. The summed E-state index contributed by atoms with van der Waals surface area (Å²) in [5.74, 6) is -0.598. The van der Waals surface area contributed by atoms with E-state index in [-0.39, 0.29) is 31.0 Å². The van der Waals surface area contributed by atoms with Crippen molar-refractivity contribution >= 4 is 5.97 Å². The lowest BCUT2D eigenvalue weighted by Crippen LogP contribution is -2.43. The highest BCUT2D eigenvalue weighted by atomic mass is 19.1. The van der Waals surface area contributed by atoms with E-state index in [1.165, 1.54) is 14.0 Å². The first-order valence-corrected chi connectivity index (χ1v) is 5.03. The molecule has 4 atom stereocenters. The highest BCUT2D eigenvalue weighted by Gasteiger charge is 2.61. The Morgan fingerprint density at radius 1 is 1.67 bits per heavy atom. The highest BCUT2D eigenvalue weighted by molar-refractivity contribution is 5.66. The van der Waals surface area contributed by atoms with Crippen LogP contribution in [0.1, 0.15) is 13.3 Å². The Bertz CT molecular complexity index is 270. The predicted octanol–water partition coefficient (Wildman–Crippen LogP) is 0.691. The van der Waals surface area contributed by atoms with Crippen molar-refractivity contribution in [1.82, 2.24) is 0 Å². The fourth-order valence-electron chi connectivity index (χ4n) is 2.57. The van der Waals surface area contributed by atoms with Crippen LogP contribution in [0.25, 0.3) is 0 Å². The summed E-state index contributed by atoms with van der Waals surface area (Å²) in [7, 11) is 1.53. The van der Waals surface area contributed by atoms with Crippen LogP contribution in [-0.2, 0) is 19.0 Å². The summed E-state index contributed by atoms with van der Waals surface area (Å²) in [6.45, 7) is 1.76. The molecule has 2 fully saturated rings. The second kappa shape index (κ2) is 3.72. The monoisotopic (exact) mass is 218 g/mol. The molecule has 1 aliphatic heterocycles. The second-order valence-corrected chi connectivity index (χ2v) is 4.20. The van der Waals surface area contributed by atoms with E-state index in [0.717, 1.165) is 0 Å². The van der Waals surface area contributed by atoms with Crippen LogP contribution >= 0.6 is 0 Å². The minimum absolute atomic E-state index is 0.0811. The summed E-state index contributed by atoms with van der Waals surface area (Å²) in [6.07, 6.45) is -0.963. The predicted molar refractivity (Wildman–Crippen MR) is 49.1 cm³/mol. The molecule has 1 saturated heterocycles. The molecule has 86 valence electrons. The first kappa shape index (κ1) is 10.8. The number of esters is 1. The van der Waals surface area contributed by atoms with Crippen LogP contribution in [0, 0.1) is 5.92 Å². The molecule has 1 saturated carbocycles. The number of halogens is 1. The third-order valence-electron chi connectivity index (χ3n) is 3.25. The lowest BCUT2D eigenvalue weighted by Gasteiger charge is -2.29. The Labute approximate surface area is 87.7 Å². The molecule has 0 aromatic rings. The third-order valence-corrected chi connectivity index (χ3v) is 3.25. The lowest BCUT2D eigenvalue weighted by atomic mass is 10.0. The minimum Gasteiger partial charge on any atom is -0.463 e. The van der Waals surface area contributed by atoms with Gasteiger partial charge in [-0.15, -0.1) is 0 Å². The topological polar surface area (TPSA) is 44.8 Å². The van der Waals surface area contributed by atoms with Crippen LogP contribution in [-0.4, -0.2) is 44.2 Å². The van der Waals surface area contributed by atoms with Crippen molar-refractivity contribution in [1.29, 1.82) is 0 Å². The van der Waals surface area contributed by atoms with E-state index < -0.39 is 11.8 Å². The molecule has 4 nitrogen and oxygen atoms in total. The van der Waals surface area contributed by atoms with Crippen LogP contribution in [0.3, 0.4) is 0 Å². The number of carbonyl (C=O) groups excluding carboxylic acids is 1. The molecule has 0 aromatic carbocycles. The van der Waals surface area contributed by atoms with Crippen LogP contribution in [0.15, 0.2) is 0 Å². The largest absolute Gasteiger partial charge is 0.463 e. The zero-order valence-electron chi connectivity index (χ0n) is 8.86. The quantitative estimate of drug-likeness (QED) is 0.654. The van der Waals surface area contributed by atoms with Gasteiger partial charge in [0.1, 0.15) is 18.4 Å². The summed E-state index contributed by atoms with van der Waals surface area (Å²) in [5, 5.41) is 0. The molecule has 2 bridgehead atoms. The normalized spacial score (nSPS) is 43.3. The Kier molecular flexibility index (Phi) is 2.68. The molecule has 0 N–H and O–H groups in total. The summed E-state index contributed by atoms with van der Waals surface area (Å²) < 4.78 is 29.2. The van der Waals surface area contributed by atoms with Crippen LogP contribution in [0.4, 0.5) is 4.39 Å². The molecule has 0 amide bonds. The van der Waals surface area contributed by atoms with Crippen molar-refractivity contribution in [2.24, 2.45) is 5.92 Å². The summed E-state index contributed by atoms with van der Waals surface area (Å²) in [4.78, 5) is 10.7. The van der Waals surface area contributed by atoms with Crippen molar-refractivity contribution in [3.63, 3.8) is 0 Å². The molecule has 2 rings (SSSR count). The van der Waals surface area contributed by atoms with Crippen molar-refractivity contribution in [3.8, 4) is 0 Å². The van der Waals surface area contributed by atoms with Crippen LogP contribution in [0.5, 0.6) is 0 Å². The Morgan fingerprint density at radius 3 is 2.93 bits per heavy atom. The van der Waals surface area contributed by atoms with E-state index in [9.17, 15) is 9.18 Å². The molecule has 5 heteroatoms. The van der Waals surface area contributed by atoms with E-state index in [1.54, 1.807) is 0 Å².